The maximum atomic E-state index is 13.7. The van der Waals surface area contributed by atoms with Gasteiger partial charge in [-0.3, -0.25) is 14.4 Å². The molecule has 2 aromatic carbocycles. The summed E-state index contributed by atoms with van der Waals surface area (Å²) in [5, 5.41) is 22.7. The third kappa shape index (κ3) is 9.42. The fourth-order valence-corrected chi connectivity index (χ4v) is 5.10. The number of nitrogens with one attached hydrogen (secondary N) is 1. The van der Waals surface area contributed by atoms with Gasteiger partial charge in [-0.15, -0.1) is 5.10 Å². The summed E-state index contributed by atoms with van der Waals surface area (Å²) in [5.74, 6) is -0.865. The number of benzene rings is 2. The standard InChI is InChI=1S/C33H44N6O7/c1-22(2)45-18-17-44-21-31(43)39-33-25-10-5-4-9-24(25)20-38(27-12-7-6-11-26(27)32(33)36-37-39)30(42)15-14-29(41)35-19-23(3)46-16-8-13-28(34)40/h4-7,9-12,22-23,31,43H,8,13-21H2,1-3H3,(H2,34,40)(H,35,41). The lowest BCUT2D eigenvalue weighted by Crippen LogP contribution is -2.35. The minimum absolute atomic E-state index is 0.00335. The van der Waals surface area contributed by atoms with Crippen LogP contribution < -0.4 is 16.0 Å². The molecule has 2 unspecified atom stereocenters. The second-order valence-electron chi connectivity index (χ2n) is 11.4. The van der Waals surface area contributed by atoms with E-state index in [1.807, 2.05) is 69.3 Å². The highest BCUT2D eigenvalue weighted by Gasteiger charge is 2.30. The van der Waals surface area contributed by atoms with Crippen molar-refractivity contribution in [3.8, 4) is 22.5 Å². The largest absolute Gasteiger partial charge is 0.377 e. The Hall–Kier alpha value is -4.17. The zero-order valence-electron chi connectivity index (χ0n) is 26.7. The minimum Gasteiger partial charge on any atom is -0.377 e. The molecule has 4 N–H and O–H groups in total. The van der Waals surface area contributed by atoms with Crippen molar-refractivity contribution < 1.29 is 33.7 Å². The number of nitrogens with zero attached hydrogens (tertiary/aromatic N) is 4. The summed E-state index contributed by atoms with van der Waals surface area (Å²) in [6, 6.07) is 15.0. The summed E-state index contributed by atoms with van der Waals surface area (Å²) < 4.78 is 18.2. The highest BCUT2D eigenvalue weighted by atomic mass is 16.5. The van der Waals surface area contributed by atoms with Crippen molar-refractivity contribution in [1.82, 2.24) is 20.3 Å². The summed E-state index contributed by atoms with van der Waals surface area (Å²) in [5.41, 5.74) is 9.20. The molecule has 4 rings (SSSR count). The monoisotopic (exact) mass is 636 g/mol. The molecule has 0 fully saturated rings. The Labute approximate surface area is 269 Å². The summed E-state index contributed by atoms with van der Waals surface area (Å²) >= 11 is 0. The summed E-state index contributed by atoms with van der Waals surface area (Å²) in [6.07, 6.45) is -0.507. The van der Waals surface area contributed by atoms with E-state index in [4.69, 9.17) is 19.9 Å². The zero-order chi connectivity index (χ0) is 33.1. The lowest BCUT2D eigenvalue weighted by atomic mass is 9.95. The summed E-state index contributed by atoms with van der Waals surface area (Å²) in [6.45, 7) is 7.34. The Balaban J connectivity index is 1.48. The fourth-order valence-electron chi connectivity index (χ4n) is 5.10. The SMILES string of the molecule is CC(C)OCCOCC(O)n1nnc2c1-c1ccccc1CN(C(=O)CCC(=O)NCC(C)OCCCC(N)=O)c1ccccc1-2. The number of amides is 3. The lowest BCUT2D eigenvalue weighted by molar-refractivity contribution is -0.125. The number of para-hydroxylation sites is 1. The minimum atomic E-state index is -1.10. The highest BCUT2D eigenvalue weighted by Crippen LogP contribution is 2.41. The molecule has 3 amide bonds. The first-order chi connectivity index (χ1) is 22.2. The van der Waals surface area contributed by atoms with Gasteiger partial charge >= 0.3 is 0 Å². The van der Waals surface area contributed by atoms with Gasteiger partial charge in [0.25, 0.3) is 0 Å². The van der Waals surface area contributed by atoms with Crippen LogP contribution in [0, 0.1) is 0 Å². The van der Waals surface area contributed by atoms with Crippen LogP contribution in [0.5, 0.6) is 0 Å². The fraction of sp³-hybridized carbons (Fsp3) is 0.485. The molecule has 13 heteroatoms. The third-order valence-corrected chi connectivity index (χ3v) is 7.40. The molecule has 0 bridgehead atoms. The number of anilines is 1. The van der Waals surface area contributed by atoms with E-state index < -0.39 is 6.23 Å². The molecule has 0 saturated carbocycles. The maximum Gasteiger partial charge on any atom is 0.227 e. The van der Waals surface area contributed by atoms with Crippen LogP contribution in [0.15, 0.2) is 48.5 Å². The van der Waals surface area contributed by atoms with E-state index in [1.165, 1.54) is 4.68 Å². The van der Waals surface area contributed by atoms with Gasteiger partial charge in [0, 0.05) is 43.5 Å². The van der Waals surface area contributed by atoms with Crippen LogP contribution in [-0.2, 0) is 35.1 Å². The van der Waals surface area contributed by atoms with Crippen LogP contribution in [0.4, 0.5) is 5.69 Å². The summed E-state index contributed by atoms with van der Waals surface area (Å²) in [7, 11) is 0. The molecule has 46 heavy (non-hydrogen) atoms. The number of ether oxygens (including phenoxy) is 3. The van der Waals surface area contributed by atoms with Gasteiger partial charge in [-0.05, 0) is 38.8 Å². The average molecular weight is 637 g/mol. The van der Waals surface area contributed by atoms with Crippen LogP contribution in [0.25, 0.3) is 22.5 Å². The first-order valence-corrected chi connectivity index (χ1v) is 15.6. The number of fused-ring (bicyclic) bond motifs is 5. The Morgan fingerprint density at radius 3 is 2.46 bits per heavy atom. The van der Waals surface area contributed by atoms with Crippen molar-refractivity contribution in [2.24, 2.45) is 5.73 Å². The molecule has 13 nitrogen and oxygen atoms in total. The predicted octanol–water partition coefficient (Wildman–Crippen LogP) is 2.96. The molecule has 1 aliphatic rings. The van der Waals surface area contributed by atoms with E-state index in [9.17, 15) is 19.5 Å². The number of nitrogens with two attached hydrogens (primary N) is 1. The molecule has 0 saturated heterocycles. The van der Waals surface area contributed by atoms with Crippen LogP contribution in [0.2, 0.25) is 0 Å². The van der Waals surface area contributed by atoms with Gasteiger partial charge in [-0.2, -0.15) is 0 Å². The molecule has 2 atom stereocenters. The predicted molar refractivity (Wildman–Crippen MR) is 171 cm³/mol. The smallest absolute Gasteiger partial charge is 0.227 e. The first-order valence-electron chi connectivity index (χ1n) is 15.6. The van der Waals surface area contributed by atoms with Gasteiger partial charge in [0.1, 0.15) is 11.4 Å². The number of aliphatic hydroxyl groups is 1. The van der Waals surface area contributed by atoms with Crippen molar-refractivity contribution in [2.45, 2.75) is 71.4 Å². The second-order valence-corrected chi connectivity index (χ2v) is 11.4. The maximum absolute atomic E-state index is 13.7. The molecule has 3 aromatic rings. The highest BCUT2D eigenvalue weighted by molar-refractivity contribution is 6.01. The van der Waals surface area contributed by atoms with E-state index in [0.29, 0.717) is 48.9 Å². The van der Waals surface area contributed by atoms with E-state index in [1.54, 1.807) is 4.90 Å². The lowest BCUT2D eigenvalue weighted by Gasteiger charge is -2.29. The van der Waals surface area contributed by atoms with Gasteiger partial charge in [-0.25, -0.2) is 4.68 Å². The first kappa shape index (κ1) is 34.7. The molecule has 2 heterocycles. The topological polar surface area (TPSA) is 171 Å². The second kappa shape index (κ2) is 16.9. The number of primary amides is 1. The molecule has 0 radical (unpaired) electrons. The molecular weight excluding hydrogens is 592 g/mol. The van der Waals surface area contributed by atoms with Gasteiger partial charge in [-0.1, -0.05) is 47.7 Å². The van der Waals surface area contributed by atoms with E-state index in [-0.39, 0.29) is 68.9 Å². The number of aliphatic hydroxyl groups excluding tert-OH is 1. The van der Waals surface area contributed by atoms with E-state index in [0.717, 1.165) is 11.1 Å². The number of hydrogen-bond acceptors (Lipinski definition) is 9. The molecule has 0 aliphatic carbocycles. The van der Waals surface area contributed by atoms with Gasteiger partial charge in [0.05, 0.1) is 44.3 Å². The Morgan fingerprint density at radius 1 is 0.957 bits per heavy atom. The number of carbonyl (C=O) groups excluding carboxylic acids is 3. The van der Waals surface area contributed by atoms with Gasteiger partial charge in [0.2, 0.25) is 17.7 Å². The summed E-state index contributed by atoms with van der Waals surface area (Å²) in [4.78, 5) is 38.9. The van der Waals surface area contributed by atoms with Crippen molar-refractivity contribution in [2.75, 3.05) is 37.9 Å². The van der Waals surface area contributed by atoms with Crippen LogP contribution in [0.3, 0.4) is 0 Å². The number of hydrogen-bond donors (Lipinski definition) is 3. The van der Waals surface area contributed by atoms with Gasteiger partial charge < -0.3 is 35.3 Å². The molecule has 0 spiro atoms. The normalized spacial score (nSPS) is 13.6. The van der Waals surface area contributed by atoms with Crippen molar-refractivity contribution in [1.29, 1.82) is 0 Å². The number of carbonyl (C=O) groups is 3. The Morgan fingerprint density at radius 2 is 1.70 bits per heavy atom. The Bertz CT molecular complexity index is 1480. The van der Waals surface area contributed by atoms with E-state index >= 15 is 0 Å². The molecule has 1 aliphatic heterocycles. The Kier molecular flexibility index (Phi) is 12.8. The zero-order valence-corrected chi connectivity index (χ0v) is 26.7. The number of rotatable bonds is 17. The van der Waals surface area contributed by atoms with Gasteiger partial charge in [0.15, 0.2) is 6.23 Å². The third-order valence-electron chi connectivity index (χ3n) is 7.40. The van der Waals surface area contributed by atoms with Crippen molar-refractivity contribution >= 4 is 23.4 Å². The molecular formula is C33H44N6O7. The van der Waals surface area contributed by atoms with Crippen LogP contribution >= 0.6 is 0 Å². The van der Waals surface area contributed by atoms with Crippen LogP contribution in [0.1, 0.15) is 58.2 Å². The molecule has 1 aromatic heterocycles. The van der Waals surface area contributed by atoms with Crippen molar-refractivity contribution in [3.05, 3.63) is 54.1 Å². The van der Waals surface area contributed by atoms with Crippen molar-refractivity contribution in [3.63, 3.8) is 0 Å². The van der Waals surface area contributed by atoms with E-state index in [2.05, 4.69) is 15.6 Å². The number of aromatic nitrogens is 3. The van der Waals surface area contributed by atoms with Crippen LogP contribution in [-0.4, -0.2) is 83.0 Å². The molecule has 248 valence electrons. The quantitative estimate of drug-likeness (QED) is 0.189. The average Bonchev–Trinajstić information content (AvgIpc) is 3.47.